The van der Waals surface area contributed by atoms with Crippen LogP contribution in [0.15, 0.2) is 77.9 Å². The quantitative estimate of drug-likeness (QED) is 0.0143. The third-order valence-corrected chi connectivity index (χ3v) is 21.8. The molecular formula is C100H166N2O7. The first-order valence-electron chi connectivity index (χ1n) is 46.8. The van der Waals surface area contributed by atoms with Gasteiger partial charge in [-0.05, 0) is 98.2 Å². The smallest absolute Gasteiger partial charge is 0.244 e. The second kappa shape index (κ2) is 70.4. The van der Waals surface area contributed by atoms with Crippen LogP contribution in [0.1, 0.15) is 449 Å². The molecule has 4 aromatic carbocycles. The van der Waals surface area contributed by atoms with Crippen molar-refractivity contribution in [1.29, 1.82) is 0 Å². The molecule has 4 aromatic rings. The fourth-order valence-electron chi connectivity index (χ4n) is 14.7. The second-order valence-electron chi connectivity index (χ2n) is 32.0. The lowest BCUT2D eigenvalue weighted by molar-refractivity contribution is -0.435. The van der Waals surface area contributed by atoms with Crippen molar-refractivity contribution in [3.63, 3.8) is 0 Å². The molecule has 109 heavy (non-hydrogen) atoms. The molecule has 0 radical (unpaired) electrons. The van der Waals surface area contributed by atoms with E-state index in [-0.39, 0.29) is 0 Å². The fourth-order valence-corrected chi connectivity index (χ4v) is 14.7. The van der Waals surface area contributed by atoms with Crippen molar-refractivity contribution in [2.24, 2.45) is 5.11 Å². The third-order valence-electron chi connectivity index (χ3n) is 21.8. The van der Waals surface area contributed by atoms with Crippen LogP contribution in [0.4, 0.5) is 11.4 Å². The molecule has 0 bridgehead atoms. The first-order chi connectivity index (χ1) is 54.0. The van der Waals surface area contributed by atoms with Crippen LogP contribution in [0.5, 0.6) is 34.5 Å². The average Bonchev–Trinajstić information content (AvgIpc) is 0.822. The normalized spacial score (nSPS) is 11.8. The van der Waals surface area contributed by atoms with Gasteiger partial charge in [0.05, 0.1) is 39.6 Å². The summed E-state index contributed by atoms with van der Waals surface area (Å²) in [7, 11) is 0. The molecule has 0 spiro atoms. The first-order valence-corrected chi connectivity index (χ1v) is 46.8. The van der Waals surface area contributed by atoms with Crippen molar-refractivity contribution >= 4 is 35.7 Å². The molecule has 0 saturated carbocycles. The Bertz CT molecular complexity index is 2790. The second-order valence-corrected chi connectivity index (χ2v) is 32.0. The molecule has 0 heterocycles. The van der Waals surface area contributed by atoms with Crippen LogP contribution < -0.4 is 28.4 Å². The molecule has 0 aliphatic carbocycles. The van der Waals surface area contributed by atoms with Gasteiger partial charge in [0.2, 0.25) is 17.2 Å². The van der Waals surface area contributed by atoms with Gasteiger partial charge >= 0.3 is 0 Å². The highest BCUT2D eigenvalue weighted by molar-refractivity contribution is 5.77. The maximum Gasteiger partial charge on any atom is 0.244 e. The molecule has 0 atom stereocenters. The van der Waals surface area contributed by atoms with Crippen molar-refractivity contribution in [3.05, 3.63) is 100 Å². The molecule has 0 aliphatic heterocycles. The highest BCUT2D eigenvalue weighted by atomic mass is 16.5. The Morgan fingerprint density at radius 3 is 0.688 bits per heavy atom. The molecule has 618 valence electrons. The van der Waals surface area contributed by atoms with Gasteiger partial charge in [0.1, 0.15) is 5.69 Å². The molecule has 0 unspecified atom stereocenters. The monoisotopic (exact) mass is 1510 g/mol. The molecule has 9 nitrogen and oxygen atoms in total. The SMILES string of the molecule is CCCCCCCCCCCCOc1ccc(/C=C/c2ccc(N=[N+]([O-])c3ccc(/C=C/c4ccc(OCCCCCCCCCCCC)c(OCCCCCCCCCCCC)c4OCCCCCCCCCCCC)cc3)cc2)c(OCCCCCCCCCCCC)c1OCCCCCCCCCCCC. The van der Waals surface area contributed by atoms with Gasteiger partial charge in [0.25, 0.3) is 0 Å². The minimum atomic E-state index is 0.459. The van der Waals surface area contributed by atoms with Crippen LogP contribution in [0.3, 0.4) is 0 Å². The number of nitrogens with zero attached hydrogens (tertiary/aromatic N) is 2. The lowest BCUT2D eigenvalue weighted by Crippen LogP contribution is -2.07. The van der Waals surface area contributed by atoms with Crippen LogP contribution in [-0.4, -0.2) is 44.5 Å². The Kier molecular flexibility index (Phi) is 62.0. The minimum absolute atomic E-state index is 0.459. The summed E-state index contributed by atoms with van der Waals surface area (Å²) in [6.07, 6.45) is 85.3. The zero-order valence-electron chi connectivity index (χ0n) is 71.7. The lowest BCUT2D eigenvalue weighted by Gasteiger charge is -2.19. The maximum absolute atomic E-state index is 13.8. The van der Waals surface area contributed by atoms with Crippen molar-refractivity contribution < 1.29 is 33.3 Å². The summed E-state index contributed by atoms with van der Waals surface area (Å²) in [5.41, 5.74) is 4.92. The predicted octanol–water partition coefficient (Wildman–Crippen LogP) is 33.8. The minimum Gasteiger partial charge on any atom is -0.594 e. The highest BCUT2D eigenvalue weighted by Crippen LogP contribution is 2.44. The Morgan fingerprint density at radius 2 is 0.440 bits per heavy atom. The van der Waals surface area contributed by atoms with E-state index in [4.69, 9.17) is 28.4 Å². The lowest BCUT2D eigenvalue weighted by atomic mass is 10.1. The number of hydrogen-bond acceptors (Lipinski definition) is 8. The van der Waals surface area contributed by atoms with E-state index in [0.29, 0.717) is 51.0 Å². The summed E-state index contributed by atoms with van der Waals surface area (Å²) in [5, 5.41) is 18.3. The summed E-state index contributed by atoms with van der Waals surface area (Å²) in [5.74, 6) is 4.55. The van der Waals surface area contributed by atoms with Crippen LogP contribution in [-0.2, 0) is 0 Å². The molecule has 0 aromatic heterocycles. The summed E-state index contributed by atoms with van der Waals surface area (Å²) in [4.78, 5) is 0.722. The maximum atomic E-state index is 13.8. The molecule has 4 rings (SSSR count). The van der Waals surface area contributed by atoms with E-state index in [1.54, 1.807) is 0 Å². The summed E-state index contributed by atoms with van der Waals surface area (Å²) >= 11 is 0. The van der Waals surface area contributed by atoms with Gasteiger partial charge in [0, 0.05) is 28.4 Å². The van der Waals surface area contributed by atoms with Crippen LogP contribution in [0, 0.1) is 5.21 Å². The first kappa shape index (κ1) is 95.9. The van der Waals surface area contributed by atoms with E-state index in [1.165, 1.54) is 321 Å². The fraction of sp³-hybridized carbons (Fsp3) is 0.720. The Balaban J connectivity index is 1.53. The Morgan fingerprint density at radius 1 is 0.229 bits per heavy atom. The van der Waals surface area contributed by atoms with Crippen molar-refractivity contribution in [3.8, 4) is 34.5 Å². The van der Waals surface area contributed by atoms with Gasteiger partial charge in [-0.15, -0.1) is 0 Å². The van der Waals surface area contributed by atoms with E-state index in [1.807, 2.05) is 48.5 Å². The van der Waals surface area contributed by atoms with Crippen molar-refractivity contribution in [1.82, 2.24) is 0 Å². The molecule has 0 fully saturated rings. The average molecular weight is 1510 g/mol. The summed E-state index contributed by atoms with van der Waals surface area (Å²) in [6.45, 7) is 17.6. The zero-order chi connectivity index (χ0) is 77.4. The Labute approximate surface area is 671 Å². The van der Waals surface area contributed by atoms with Crippen molar-refractivity contribution in [2.45, 2.75) is 427 Å². The number of benzene rings is 4. The van der Waals surface area contributed by atoms with Crippen molar-refractivity contribution in [2.75, 3.05) is 39.6 Å². The molecule has 0 N–H and O–H groups in total. The van der Waals surface area contributed by atoms with Gasteiger partial charge in [-0.25, -0.2) is 0 Å². The summed E-state index contributed by atoms with van der Waals surface area (Å²) in [6, 6.07) is 24.0. The van der Waals surface area contributed by atoms with E-state index < -0.39 is 0 Å². The largest absolute Gasteiger partial charge is 0.594 e. The number of azo groups is 1. The molecular weight excluding hydrogens is 1340 g/mol. The van der Waals surface area contributed by atoms with E-state index in [9.17, 15) is 5.21 Å². The van der Waals surface area contributed by atoms with Crippen LogP contribution in [0.2, 0.25) is 0 Å². The zero-order valence-corrected chi connectivity index (χ0v) is 71.7. The standard InChI is InChI=1S/C100H166N2O7/c1-7-13-19-25-31-37-43-49-55-61-83-104-95-81-75-91(97(106-85-63-57-51-45-39-33-27-21-15-9-3)99(95)108-87-65-59-53-47-41-35-29-23-17-11-5)73-67-89-69-77-93(78-70-89)101-102(103)94-79-71-90(72-80-94)68-74-92-76-82-96(105-84-62-56-50-44-38-32-26-20-14-8-2)100(109-88-66-60-54-48-42-36-30-24-18-12-6)98(92)107-86-64-58-52-46-40-34-28-22-16-10-4/h67-82H,7-66,83-88H2,1-6H3/b73-67+,74-68+,102-101?. The number of rotatable bonds is 78. The van der Waals surface area contributed by atoms with Gasteiger partial charge in [-0.3, -0.25) is 0 Å². The molecule has 0 amide bonds. The van der Waals surface area contributed by atoms with Gasteiger partial charge < -0.3 is 33.6 Å². The van der Waals surface area contributed by atoms with Gasteiger partial charge in [0.15, 0.2) is 23.0 Å². The highest BCUT2D eigenvalue weighted by Gasteiger charge is 2.20. The van der Waals surface area contributed by atoms with Crippen LogP contribution >= 0.6 is 0 Å². The van der Waals surface area contributed by atoms with Gasteiger partial charge in [-0.1, -0.05) is 430 Å². The predicted molar refractivity (Wildman–Crippen MR) is 473 cm³/mol. The molecule has 0 aliphatic rings. The molecule has 9 heteroatoms. The topological polar surface area (TPSA) is 93.8 Å². The van der Waals surface area contributed by atoms with E-state index in [0.717, 1.165) is 126 Å². The summed E-state index contributed by atoms with van der Waals surface area (Å²) < 4.78 is 40.7. The third kappa shape index (κ3) is 49.6. The number of hydrogen-bond donors (Lipinski definition) is 0. The van der Waals surface area contributed by atoms with E-state index >= 15 is 0 Å². The number of ether oxygens (including phenoxy) is 6. The number of unbranched alkanes of at least 4 members (excludes halogenated alkanes) is 54. The van der Waals surface area contributed by atoms with E-state index in [2.05, 4.69) is 95.2 Å². The Hall–Kier alpha value is -5.44. The van der Waals surface area contributed by atoms with Crippen LogP contribution in [0.25, 0.3) is 24.3 Å². The van der Waals surface area contributed by atoms with Gasteiger partial charge in [-0.2, -0.15) is 0 Å². The molecule has 0 saturated heterocycles.